The van der Waals surface area contributed by atoms with Crippen molar-refractivity contribution in [1.29, 1.82) is 0 Å². The van der Waals surface area contributed by atoms with Crippen molar-refractivity contribution in [2.24, 2.45) is 0 Å². The van der Waals surface area contributed by atoms with Crippen LogP contribution in [-0.4, -0.2) is 24.9 Å². The first kappa shape index (κ1) is 21.6. The molecule has 1 unspecified atom stereocenters. The van der Waals surface area contributed by atoms with Gasteiger partial charge in [-0.3, -0.25) is 0 Å². The van der Waals surface area contributed by atoms with Crippen molar-refractivity contribution in [1.82, 2.24) is 5.32 Å². The monoisotopic (exact) mass is 385 g/mol. The lowest BCUT2D eigenvalue weighted by Crippen LogP contribution is -2.31. The lowest BCUT2D eigenvalue weighted by Gasteiger charge is -2.18. The molecule has 0 spiro atoms. The first-order chi connectivity index (χ1) is 11.7. The van der Waals surface area contributed by atoms with E-state index in [1.54, 1.807) is 7.11 Å². The summed E-state index contributed by atoms with van der Waals surface area (Å²) in [6.45, 7) is 3.19. The van der Waals surface area contributed by atoms with Crippen LogP contribution >= 0.6 is 24.0 Å². The van der Waals surface area contributed by atoms with Gasteiger partial charge in [0, 0.05) is 23.2 Å². The summed E-state index contributed by atoms with van der Waals surface area (Å²) < 4.78 is 11.4. The second kappa shape index (κ2) is 11.2. The second-order valence-corrected chi connectivity index (χ2v) is 5.97. The molecule has 2 aromatic rings. The summed E-state index contributed by atoms with van der Waals surface area (Å²) in [5.74, 6) is 1.41. The Labute approximate surface area is 160 Å². The number of para-hydroxylation sites is 1. The van der Waals surface area contributed by atoms with Gasteiger partial charge in [-0.25, -0.2) is 0 Å². The van der Waals surface area contributed by atoms with E-state index in [-0.39, 0.29) is 25.1 Å². The van der Waals surface area contributed by atoms with Crippen LogP contribution in [0.5, 0.6) is 11.5 Å². The average molecular weight is 386 g/mol. The molecule has 1 atom stereocenters. The SMILES string of the molecule is CCC(CO)NCc1cccc(OC)c1OCc1ccc(Cl)cc1.Cl. The maximum Gasteiger partial charge on any atom is 0.166 e. The van der Waals surface area contributed by atoms with Gasteiger partial charge in [0.1, 0.15) is 6.61 Å². The number of benzene rings is 2. The van der Waals surface area contributed by atoms with Crippen molar-refractivity contribution in [3.05, 3.63) is 58.6 Å². The van der Waals surface area contributed by atoms with Crippen LogP contribution in [0.25, 0.3) is 0 Å². The molecule has 0 aliphatic rings. The highest BCUT2D eigenvalue weighted by molar-refractivity contribution is 6.30. The molecule has 0 aromatic heterocycles. The Morgan fingerprint density at radius 3 is 2.48 bits per heavy atom. The maximum atomic E-state index is 9.32. The second-order valence-electron chi connectivity index (χ2n) is 5.53. The molecule has 0 amide bonds. The third-order valence-electron chi connectivity index (χ3n) is 3.87. The lowest BCUT2D eigenvalue weighted by molar-refractivity contribution is 0.236. The largest absolute Gasteiger partial charge is 0.493 e. The molecule has 0 aliphatic carbocycles. The van der Waals surface area contributed by atoms with Crippen LogP contribution < -0.4 is 14.8 Å². The van der Waals surface area contributed by atoms with E-state index >= 15 is 0 Å². The molecule has 0 saturated carbocycles. The van der Waals surface area contributed by atoms with Crippen LogP contribution in [0.15, 0.2) is 42.5 Å². The van der Waals surface area contributed by atoms with Gasteiger partial charge >= 0.3 is 0 Å². The normalized spacial score (nSPS) is 11.5. The number of hydrogen-bond acceptors (Lipinski definition) is 4. The van der Waals surface area contributed by atoms with Gasteiger partial charge < -0.3 is 19.9 Å². The van der Waals surface area contributed by atoms with Gasteiger partial charge in [-0.2, -0.15) is 0 Å². The predicted octanol–water partition coefficient (Wildman–Crippen LogP) is 4.21. The summed E-state index contributed by atoms with van der Waals surface area (Å²) in [5.41, 5.74) is 2.03. The molecule has 4 nitrogen and oxygen atoms in total. The van der Waals surface area contributed by atoms with Gasteiger partial charge in [-0.05, 0) is 30.2 Å². The van der Waals surface area contributed by atoms with E-state index < -0.39 is 0 Å². The van der Waals surface area contributed by atoms with E-state index in [9.17, 15) is 5.11 Å². The quantitative estimate of drug-likeness (QED) is 0.678. The fourth-order valence-electron chi connectivity index (χ4n) is 2.35. The Morgan fingerprint density at radius 1 is 1.16 bits per heavy atom. The van der Waals surface area contributed by atoms with Crippen molar-refractivity contribution in [3.63, 3.8) is 0 Å². The number of aliphatic hydroxyl groups excluding tert-OH is 1. The van der Waals surface area contributed by atoms with E-state index in [4.69, 9.17) is 21.1 Å². The number of aliphatic hydroxyl groups is 1. The third kappa shape index (κ3) is 6.40. The summed E-state index contributed by atoms with van der Waals surface area (Å²) in [6.07, 6.45) is 0.863. The van der Waals surface area contributed by atoms with Crippen LogP contribution in [0, 0.1) is 0 Å². The molecular weight excluding hydrogens is 361 g/mol. The summed E-state index contributed by atoms with van der Waals surface area (Å²) in [4.78, 5) is 0. The zero-order chi connectivity index (χ0) is 17.4. The number of rotatable bonds is 9. The number of methoxy groups -OCH3 is 1. The molecule has 0 radical (unpaired) electrons. The average Bonchev–Trinajstić information content (AvgIpc) is 2.62. The zero-order valence-corrected chi connectivity index (χ0v) is 16.1. The fourth-order valence-corrected chi connectivity index (χ4v) is 2.48. The smallest absolute Gasteiger partial charge is 0.166 e. The molecule has 25 heavy (non-hydrogen) atoms. The van der Waals surface area contributed by atoms with Crippen LogP contribution in [0.4, 0.5) is 0 Å². The molecule has 0 saturated heterocycles. The van der Waals surface area contributed by atoms with Gasteiger partial charge in [0.2, 0.25) is 0 Å². The van der Waals surface area contributed by atoms with Crippen LogP contribution in [0.2, 0.25) is 5.02 Å². The van der Waals surface area contributed by atoms with Gasteiger partial charge in [-0.15, -0.1) is 12.4 Å². The summed E-state index contributed by atoms with van der Waals surface area (Å²) in [6, 6.07) is 13.4. The fraction of sp³-hybridized carbons (Fsp3) is 0.368. The number of hydrogen-bond donors (Lipinski definition) is 2. The Hall–Kier alpha value is -1.46. The highest BCUT2D eigenvalue weighted by atomic mass is 35.5. The van der Waals surface area contributed by atoms with Crippen molar-refractivity contribution < 1.29 is 14.6 Å². The molecule has 0 bridgehead atoms. The van der Waals surface area contributed by atoms with Gasteiger partial charge in [-0.1, -0.05) is 42.8 Å². The minimum atomic E-state index is 0. The van der Waals surface area contributed by atoms with Crippen molar-refractivity contribution in [2.45, 2.75) is 32.5 Å². The van der Waals surface area contributed by atoms with Crippen molar-refractivity contribution in [3.8, 4) is 11.5 Å². The molecule has 0 fully saturated rings. The van der Waals surface area contributed by atoms with E-state index in [2.05, 4.69) is 5.32 Å². The van der Waals surface area contributed by atoms with E-state index in [1.165, 1.54) is 0 Å². The standard InChI is InChI=1S/C19H24ClNO3.ClH/c1-3-17(12-22)21-11-15-5-4-6-18(23-2)19(15)24-13-14-7-9-16(20)10-8-14;/h4-10,17,21-22H,3,11-13H2,1-2H3;1H. The Bertz CT molecular complexity index is 631. The lowest BCUT2D eigenvalue weighted by atomic mass is 10.1. The first-order valence-corrected chi connectivity index (χ1v) is 8.43. The van der Waals surface area contributed by atoms with Crippen molar-refractivity contribution in [2.75, 3.05) is 13.7 Å². The molecule has 0 heterocycles. The van der Waals surface area contributed by atoms with Crippen LogP contribution in [-0.2, 0) is 13.2 Å². The molecule has 2 aromatic carbocycles. The minimum Gasteiger partial charge on any atom is -0.493 e. The van der Waals surface area contributed by atoms with Gasteiger partial charge in [0.15, 0.2) is 11.5 Å². The molecular formula is C19H25Cl2NO3. The van der Waals surface area contributed by atoms with Crippen molar-refractivity contribution >= 4 is 24.0 Å². The summed E-state index contributed by atoms with van der Waals surface area (Å²) in [7, 11) is 1.63. The molecule has 2 rings (SSSR count). The van der Waals surface area contributed by atoms with Crippen LogP contribution in [0.3, 0.4) is 0 Å². The predicted molar refractivity (Wildman–Crippen MR) is 104 cm³/mol. The van der Waals surface area contributed by atoms with E-state index in [0.29, 0.717) is 23.9 Å². The molecule has 0 aliphatic heterocycles. The Morgan fingerprint density at radius 2 is 1.88 bits per heavy atom. The minimum absolute atomic E-state index is 0. The number of nitrogens with one attached hydrogen (secondary N) is 1. The summed E-state index contributed by atoms with van der Waals surface area (Å²) >= 11 is 5.91. The number of halogens is 2. The zero-order valence-electron chi connectivity index (χ0n) is 14.5. The maximum absolute atomic E-state index is 9.32. The number of ether oxygens (including phenoxy) is 2. The van der Waals surface area contributed by atoms with E-state index in [0.717, 1.165) is 23.3 Å². The van der Waals surface area contributed by atoms with E-state index in [1.807, 2.05) is 49.4 Å². The third-order valence-corrected chi connectivity index (χ3v) is 4.12. The molecule has 6 heteroatoms. The Kier molecular flexibility index (Phi) is 9.68. The van der Waals surface area contributed by atoms with Gasteiger partial charge in [0.05, 0.1) is 13.7 Å². The molecule has 2 N–H and O–H groups in total. The highest BCUT2D eigenvalue weighted by Gasteiger charge is 2.12. The van der Waals surface area contributed by atoms with Gasteiger partial charge in [0.25, 0.3) is 0 Å². The first-order valence-electron chi connectivity index (χ1n) is 8.05. The summed E-state index contributed by atoms with van der Waals surface area (Å²) in [5, 5.41) is 13.4. The van der Waals surface area contributed by atoms with Crippen LogP contribution in [0.1, 0.15) is 24.5 Å². The molecule has 138 valence electrons. The topological polar surface area (TPSA) is 50.7 Å². The Balaban J connectivity index is 0.00000312. The highest BCUT2D eigenvalue weighted by Crippen LogP contribution is 2.32.